The van der Waals surface area contributed by atoms with Gasteiger partial charge in [0.05, 0.1) is 0 Å². The summed E-state index contributed by atoms with van der Waals surface area (Å²) in [4.78, 5) is 11.6. The summed E-state index contributed by atoms with van der Waals surface area (Å²) in [6.45, 7) is 3.39. The van der Waals surface area contributed by atoms with Crippen LogP contribution in [0.4, 0.5) is 10.5 Å². The average Bonchev–Trinajstić information content (AvgIpc) is 2.34. The molecule has 0 aromatic heterocycles. The van der Waals surface area contributed by atoms with Gasteiger partial charge in [-0.3, -0.25) is 0 Å². The largest absolute Gasteiger partial charge is 0.385 e. The van der Waals surface area contributed by atoms with Crippen LogP contribution in [0.25, 0.3) is 0 Å². The van der Waals surface area contributed by atoms with Gasteiger partial charge in [-0.25, -0.2) is 4.79 Å². The Hall–Kier alpha value is -1.07. The van der Waals surface area contributed by atoms with Crippen molar-refractivity contribution in [3.63, 3.8) is 0 Å². The minimum absolute atomic E-state index is 0.178. The molecule has 18 heavy (non-hydrogen) atoms. The third-order valence-electron chi connectivity index (χ3n) is 2.49. The molecule has 0 fully saturated rings. The molecule has 0 aliphatic rings. The summed E-state index contributed by atoms with van der Waals surface area (Å²) >= 11 is 3.43. The highest BCUT2D eigenvalue weighted by atomic mass is 79.9. The number of benzene rings is 1. The zero-order valence-corrected chi connectivity index (χ0v) is 12.3. The molecule has 0 aliphatic carbocycles. The number of halogens is 1. The van der Waals surface area contributed by atoms with Gasteiger partial charge >= 0.3 is 6.03 Å². The number of hydrogen-bond acceptors (Lipinski definition) is 2. The van der Waals surface area contributed by atoms with Crippen LogP contribution < -0.4 is 10.6 Å². The first-order valence-corrected chi connectivity index (χ1v) is 6.72. The Morgan fingerprint density at radius 3 is 2.83 bits per heavy atom. The zero-order valence-electron chi connectivity index (χ0n) is 10.8. The Labute approximate surface area is 116 Å². The van der Waals surface area contributed by atoms with E-state index >= 15 is 0 Å². The molecule has 0 atom stereocenters. The van der Waals surface area contributed by atoms with Crippen molar-refractivity contribution < 1.29 is 9.53 Å². The van der Waals surface area contributed by atoms with Crippen LogP contribution in [0, 0.1) is 6.92 Å². The molecule has 1 rings (SSSR count). The second-order valence-electron chi connectivity index (χ2n) is 4.04. The Kier molecular flexibility index (Phi) is 6.75. The lowest BCUT2D eigenvalue weighted by molar-refractivity contribution is 0.192. The summed E-state index contributed by atoms with van der Waals surface area (Å²) < 4.78 is 5.92. The molecule has 0 saturated heterocycles. The minimum atomic E-state index is -0.178. The van der Waals surface area contributed by atoms with Crippen LogP contribution in [0.2, 0.25) is 0 Å². The number of methoxy groups -OCH3 is 1. The molecule has 0 spiro atoms. The summed E-state index contributed by atoms with van der Waals surface area (Å²) in [5.41, 5.74) is 1.92. The van der Waals surface area contributed by atoms with Crippen LogP contribution >= 0.6 is 15.9 Å². The molecule has 100 valence electrons. The number of amides is 2. The molecule has 1 aromatic rings. The molecule has 5 heteroatoms. The van der Waals surface area contributed by atoms with E-state index in [9.17, 15) is 4.79 Å². The number of nitrogens with one attached hydrogen (secondary N) is 2. The van der Waals surface area contributed by atoms with Gasteiger partial charge in [0, 0.05) is 30.4 Å². The number of anilines is 1. The van der Waals surface area contributed by atoms with Crippen LogP contribution in [0.5, 0.6) is 0 Å². The second kappa shape index (κ2) is 8.11. The van der Waals surface area contributed by atoms with Gasteiger partial charge in [-0.15, -0.1) is 0 Å². The van der Waals surface area contributed by atoms with Crippen molar-refractivity contribution in [3.8, 4) is 0 Å². The van der Waals surface area contributed by atoms with Gasteiger partial charge < -0.3 is 15.4 Å². The first kappa shape index (κ1) is 15.0. The Balaban J connectivity index is 2.29. The molecule has 0 radical (unpaired) electrons. The molecular formula is C13H19BrN2O2. The average molecular weight is 315 g/mol. The molecule has 0 aliphatic heterocycles. The lowest BCUT2D eigenvalue weighted by Crippen LogP contribution is -2.29. The maximum absolute atomic E-state index is 11.6. The Morgan fingerprint density at radius 1 is 1.39 bits per heavy atom. The van der Waals surface area contributed by atoms with Gasteiger partial charge in [-0.05, 0) is 37.5 Å². The first-order chi connectivity index (χ1) is 8.63. The van der Waals surface area contributed by atoms with Gasteiger partial charge in [0.25, 0.3) is 0 Å². The fourth-order valence-electron chi connectivity index (χ4n) is 1.42. The maximum Gasteiger partial charge on any atom is 0.319 e. The topological polar surface area (TPSA) is 50.4 Å². The highest BCUT2D eigenvalue weighted by Crippen LogP contribution is 2.20. The molecule has 4 nitrogen and oxygen atoms in total. The number of ether oxygens (including phenoxy) is 1. The van der Waals surface area contributed by atoms with Crippen LogP contribution in [-0.2, 0) is 4.74 Å². The van der Waals surface area contributed by atoms with Crippen molar-refractivity contribution >= 4 is 27.6 Å². The summed E-state index contributed by atoms with van der Waals surface area (Å²) in [6.07, 6.45) is 1.87. The quantitative estimate of drug-likeness (QED) is 0.791. The third kappa shape index (κ3) is 5.51. The monoisotopic (exact) mass is 314 g/mol. The van der Waals surface area contributed by atoms with E-state index in [1.165, 1.54) is 0 Å². The summed E-state index contributed by atoms with van der Waals surface area (Å²) in [5, 5.41) is 5.59. The number of aryl methyl sites for hydroxylation is 1. The van der Waals surface area contributed by atoms with Crippen LogP contribution in [-0.4, -0.2) is 26.3 Å². The summed E-state index contributed by atoms with van der Waals surface area (Å²) in [7, 11) is 1.68. The number of hydrogen-bond donors (Lipinski definition) is 2. The molecule has 0 bridgehead atoms. The predicted octanol–water partition coefficient (Wildman–Crippen LogP) is 3.31. The summed E-state index contributed by atoms with van der Waals surface area (Å²) in [5.74, 6) is 0. The van der Waals surface area contributed by atoms with E-state index in [0.717, 1.165) is 35.2 Å². The Morgan fingerprint density at radius 2 is 2.17 bits per heavy atom. The fourth-order valence-corrected chi connectivity index (χ4v) is 1.80. The number of urea groups is 1. The molecule has 2 N–H and O–H groups in total. The highest BCUT2D eigenvalue weighted by molar-refractivity contribution is 9.10. The highest BCUT2D eigenvalue weighted by Gasteiger charge is 2.02. The van der Waals surface area contributed by atoms with Gasteiger partial charge in [0.1, 0.15) is 0 Å². The molecule has 2 amide bonds. The van der Waals surface area contributed by atoms with E-state index in [1.54, 1.807) is 7.11 Å². The Bertz CT molecular complexity index is 397. The SMILES string of the molecule is COCCCCNC(=O)Nc1ccc(C)c(Br)c1. The van der Waals surface area contributed by atoms with Crippen molar-refractivity contribution in [1.82, 2.24) is 5.32 Å². The number of carbonyl (C=O) groups excluding carboxylic acids is 1. The van der Waals surface area contributed by atoms with E-state index in [0.29, 0.717) is 6.54 Å². The van der Waals surface area contributed by atoms with Gasteiger partial charge in [0.15, 0.2) is 0 Å². The normalized spacial score (nSPS) is 10.2. The maximum atomic E-state index is 11.6. The van der Waals surface area contributed by atoms with Gasteiger partial charge in [-0.2, -0.15) is 0 Å². The van der Waals surface area contributed by atoms with Crippen molar-refractivity contribution in [1.29, 1.82) is 0 Å². The number of carbonyl (C=O) groups is 1. The van der Waals surface area contributed by atoms with E-state index in [-0.39, 0.29) is 6.03 Å². The van der Waals surface area contributed by atoms with Crippen LogP contribution in [0.15, 0.2) is 22.7 Å². The van der Waals surface area contributed by atoms with E-state index < -0.39 is 0 Å². The van der Waals surface area contributed by atoms with Crippen LogP contribution in [0.3, 0.4) is 0 Å². The minimum Gasteiger partial charge on any atom is -0.385 e. The van der Waals surface area contributed by atoms with E-state index in [1.807, 2.05) is 25.1 Å². The van der Waals surface area contributed by atoms with Gasteiger partial charge in [0.2, 0.25) is 0 Å². The molecule has 0 saturated carbocycles. The van der Waals surface area contributed by atoms with Gasteiger partial charge in [-0.1, -0.05) is 22.0 Å². The molecule has 0 heterocycles. The van der Waals surface area contributed by atoms with E-state index in [2.05, 4.69) is 26.6 Å². The zero-order chi connectivity index (χ0) is 13.4. The second-order valence-corrected chi connectivity index (χ2v) is 4.90. The molecule has 0 unspecified atom stereocenters. The smallest absolute Gasteiger partial charge is 0.319 e. The first-order valence-electron chi connectivity index (χ1n) is 5.93. The fraction of sp³-hybridized carbons (Fsp3) is 0.462. The van der Waals surface area contributed by atoms with E-state index in [4.69, 9.17) is 4.74 Å². The van der Waals surface area contributed by atoms with Crippen LogP contribution in [0.1, 0.15) is 18.4 Å². The summed E-state index contributed by atoms with van der Waals surface area (Å²) in [6, 6.07) is 5.55. The van der Waals surface area contributed by atoms with Crippen molar-refractivity contribution in [3.05, 3.63) is 28.2 Å². The predicted molar refractivity (Wildman–Crippen MR) is 77.0 cm³/mol. The third-order valence-corrected chi connectivity index (χ3v) is 3.34. The number of rotatable bonds is 6. The standard InChI is InChI=1S/C13H19BrN2O2/c1-10-5-6-11(9-12(10)14)16-13(17)15-7-3-4-8-18-2/h5-6,9H,3-4,7-8H2,1-2H3,(H2,15,16,17). The molecule has 1 aromatic carbocycles. The van der Waals surface area contributed by atoms with Crippen molar-refractivity contribution in [2.75, 3.05) is 25.6 Å². The van der Waals surface area contributed by atoms with Crippen molar-refractivity contribution in [2.24, 2.45) is 0 Å². The molecular weight excluding hydrogens is 296 g/mol. The lowest BCUT2D eigenvalue weighted by atomic mass is 10.2. The van der Waals surface area contributed by atoms with Crippen molar-refractivity contribution in [2.45, 2.75) is 19.8 Å². The lowest BCUT2D eigenvalue weighted by Gasteiger charge is -2.08. The number of unbranched alkanes of at least 4 members (excludes halogenated alkanes) is 1.